The first-order valence-electron chi connectivity index (χ1n) is 9.06. The molecule has 0 unspecified atom stereocenters. The highest BCUT2D eigenvalue weighted by atomic mass is 16.1. The Morgan fingerprint density at radius 3 is 1.76 bits per heavy atom. The van der Waals surface area contributed by atoms with Crippen LogP contribution in [-0.4, -0.2) is 18.4 Å². The topological polar surface area (TPSA) is 55.1 Å². The fourth-order valence-electron chi connectivity index (χ4n) is 1.56. The zero-order valence-electron chi connectivity index (χ0n) is 16.1. The number of benzene rings is 2. The van der Waals surface area contributed by atoms with Crippen LogP contribution in [0.3, 0.4) is 0 Å². The third-order valence-electron chi connectivity index (χ3n) is 3.69. The van der Waals surface area contributed by atoms with Gasteiger partial charge >= 0.3 is 0 Å². The van der Waals surface area contributed by atoms with Gasteiger partial charge in [0.05, 0.1) is 0 Å². The van der Waals surface area contributed by atoms with E-state index in [4.69, 9.17) is 5.73 Å². The Kier molecular flexibility index (Phi) is 14.3. The third kappa shape index (κ3) is 14.1. The summed E-state index contributed by atoms with van der Waals surface area (Å²) in [5.74, 6) is 0. The summed E-state index contributed by atoms with van der Waals surface area (Å²) in [5.41, 5.74) is 7.38. The monoisotopic (exact) mass is 342 g/mol. The van der Waals surface area contributed by atoms with Crippen molar-refractivity contribution in [3.63, 3.8) is 0 Å². The van der Waals surface area contributed by atoms with Crippen molar-refractivity contribution in [3.05, 3.63) is 71.8 Å². The van der Waals surface area contributed by atoms with E-state index >= 15 is 0 Å². The number of rotatable bonds is 6. The van der Waals surface area contributed by atoms with Crippen LogP contribution < -0.4 is 11.1 Å². The SMILES string of the molecule is CC[C@H](C)N.CC[C@H](C)NCc1ccccc1.O=Cc1ccccc1. The zero-order chi connectivity index (χ0) is 18.9. The summed E-state index contributed by atoms with van der Waals surface area (Å²) in [6, 6.07) is 20.6. The Morgan fingerprint density at radius 1 is 0.920 bits per heavy atom. The molecule has 25 heavy (non-hydrogen) atoms. The van der Waals surface area contributed by atoms with Gasteiger partial charge < -0.3 is 11.1 Å². The second kappa shape index (κ2) is 15.6. The quantitative estimate of drug-likeness (QED) is 0.740. The van der Waals surface area contributed by atoms with Gasteiger partial charge in [-0.25, -0.2) is 0 Å². The number of hydrogen-bond acceptors (Lipinski definition) is 3. The van der Waals surface area contributed by atoms with Gasteiger partial charge in [-0.05, 0) is 32.3 Å². The van der Waals surface area contributed by atoms with Gasteiger partial charge in [-0.1, -0.05) is 74.5 Å². The minimum absolute atomic E-state index is 0.384. The van der Waals surface area contributed by atoms with Crippen molar-refractivity contribution < 1.29 is 4.79 Å². The standard InChI is InChI=1S/C11H17N.C7H6O.C4H11N/c1-3-10(2)12-9-11-7-5-4-6-8-11;8-6-7-4-2-1-3-5-7;1-3-4(2)5/h4-8,10,12H,3,9H2,1-2H3;1-6H;4H,3,5H2,1-2H3/t10-;;4-/m0.0/s1. The highest BCUT2D eigenvalue weighted by molar-refractivity contribution is 5.74. The van der Waals surface area contributed by atoms with E-state index in [9.17, 15) is 4.79 Å². The Labute approximate surface area is 153 Å². The first kappa shape index (κ1) is 23.0. The molecule has 0 amide bonds. The fraction of sp³-hybridized carbons (Fsp3) is 0.409. The second-order valence-electron chi connectivity index (χ2n) is 6.09. The lowest BCUT2D eigenvalue weighted by Gasteiger charge is -2.10. The molecule has 2 atom stereocenters. The Hall–Kier alpha value is -1.97. The predicted octanol–water partition coefficient (Wildman–Crippen LogP) is 4.82. The average Bonchev–Trinajstić information content (AvgIpc) is 2.68. The van der Waals surface area contributed by atoms with Crippen molar-refractivity contribution in [2.24, 2.45) is 5.73 Å². The van der Waals surface area contributed by atoms with E-state index in [0.717, 1.165) is 24.8 Å². The van der Waals surface area contributed by atoms with Crippen LogP contribution in [0, 0.1) is 0 Å². The molecule has 3 N–H and O–H groups in total. The van der Waals surface area contributed by atoms with Crippen LogP contribution in [0.5, 0.6) is 0 Å². The highest BCUT2D eigenvalue weighted by Crippen LogP contribution is 1.98. The van der Waals surface area contributed by atoms with Crippen LogP contribution in [0.15, 0.2) is 60.7 Å². The number of nitrogens with one attached hydrogen (secondary N) is 1. The van der Waals surface area contributed by atoms with Crippen LogP contribution >= 0.6 is 0 Å². The first-order chi connectivity index (χ1) is 12.0. The number of hydrogen-bond donors (Lipinski definition) is 2. The van der Waals surface area contributed by atoms with Crippen molar-refractivity contribution in [1.29, 1.82) is 0 Å². The molecular weight excluding hydrogens is 308 g/mol. The van der Waals surface area contributed by atoms with Gasteiger partial charge in [0, 0.05) is 24.2 Å². The lowest BCUT2D eigenvalue weighted by Crippen LogP contribution is -2.24. The smallest absolute Gasteiger partial charge is 0.150 e. The van der Waals surface area contributed by atoms with Crippen molar-refractivity contribution in [2.75, 3.05) is 0 Å². The molecule has 0 bridgehead atoms. The Bertz CT molecular complexity index is 526. The maximum Gasteiger partial charge on any atom is 0.150 e. The summed E-state index contributed by atoms with van der Waals surface area (Å²) in [6.07, 6.45) is 3.10. The molecule has 0 heterocycles. The largest absolute Gasteiger partial charge is 0.328 e. The molecule has 2 aromatic rings. The van der Waals surface area contributed by atoms with Crippen LogP contribution in [0.1, 0.15) is 56.5 Å². The van der Waals surface area contributed by atoms with Gasteiger partial charge in [-0.2, -0.15) is 0 Å². The van der Waals surface area contributed by atoms with Gasteiger partial charge in [0.2, 0.25) is 0 Å². The van der Waals surface area contributed by atoms with Crippen LogP contribution in [0.2, 0.25) is 0 Å². The minimum Gasteiger partial charge on any atom is -0.328 e. The van der Waals surface area contributed by atoms with Crippen molar-refractivity contribution in [3.8, 4) is 0 Å². The second-order valence-corrected chi connectivity index (χ2v) is 6.09. The molecule has 0 aliphatic rings. The molecule has 0 saturated carbocycles. The molecule has 0 aromatic heterocycles. The van der Waals surface area contributed by atoms with E-state index in [0.29, 0.717) is 12.1 Å². The van der Waals surface area contributed by atoms with Gasteiger partial charge in [0.25, 0.3) is 0 Å². The van der Waals surface area contributed by atoms with Crippen molar-refractivity contribution in [1.82, 2.24) is 5.32 Å². The molecular formula is C22H34N2O. The van der Waals surface area contributed by atoms with Crippen molar-refractivity contribution in [2.45, 2.75) is 59.2 Å². The summed E-state index contributed by atoms with van der Waals surface area (Å²) in [5, 5.41) is 3.45. The maximum atomic E-state index is 10.0. The Balaban J connectivity index is 0.000000382. The van der Waals surface area contributed by atoms with E-state index in [1.807, 2.05) is 31.2 Å². The van der Waals surface area contributed by atoms with Gasteiger partial charge in [-0.15, -0.1) is 0 Å². The zero-order valence-corrected chi connectivity index (χ0v) is 16.1. The Morgan fingerprint density at radius 2 is 1.40 bits per heavy atom. The number of aldehydes is 1. The molecule has 2 aromatic carbocycles. The third-order valence-corrected chi connectivity index (χ3v) is 3.69. The molecule has 0 spiro atoms. The maximum absolute atomic E-state index is 10.0. The first-order valence-corrected chi connectivity index (χ1v) is 9.06. The summed E-state index contributed by atoms with van der Waals surface area (Å²) in [7, 11) is 0. The minimum atomic E-state index is 0.384. The average molecular weight is 343 g/mol. The normalized spacial score (nSPS) is 11.9. The molecule has 3 heteroatoms. The molecule has 0 aliphatic carbocycles. The summed E-state index contributed by atoms with van der Waals surface area (Å²) in [4.78, 5) is 10.0. The molecule has 0 fully saturated rings. The number of carbonyl (C=O) groups is 1. The highest BCUT2D eigenvalue weighted by Gasteiger charge is 1.96. The van der Waals surface area contributed by atoms with E-state index in [-0.39, 0.29) is 0 Å². The van der Waals surface area contributed by atoms with Crippen LogP contribution in [-0.2, 0) is 6.54 Å². The molecule has 2 rings (SSSR count). The van der Waals surface area contributed by atoms with Crippen LogP contribution in [0.4, 0.5) is 0 Å². The summed E-state index contributed by atoms with van der Waals surface area (Å²) >= 11 is 0. The van der Waals surface area contributed by atoms with E-state index in [1.54, 1.807) is 12.1 Å². The lowest BCUT2D eigenvalue weighted by molar-refractivity contribution is 0.112. The number of carbonyl (C=O) groups excluding carboxylic acids is 1. The molecule has 138 valence electrons. The number of nitrogens with two attached hydrogens (primary N) is 1. The summed E-state index contributed by atoms with van der Waals surface area (Å²) < 4.78 is 0. The van der Waals surface area contributed by atoms with E-state index in [2.05, 4.69) is 50.4 Å². The van der Waals surface area contributed by atoms with Crippen LogP contribution in [0.25, 0.3) is 0 Å². The van der Waals surface area contributed by atoms with Gasteiger partial charge in [0.1, 0.15) is 6.29 Å². The summed E-state index contributed by atoms with van der Waals surface area (Å²) in [6.45, 7) is 9.46. The predicted molar refractivity (Wildman–Crippen MR) is 109 cm³/mol. The molecule has 0 aliphatic heterocycles. The molecule has 3 nitrogen and oxygen atoms in total. The van der Waals surface area contributed by atoms with Gasteiger partial charge in [0.15, 0.2) is 0 Å². The molecule has 0 radical (unpaired) electrons. The fourth-order valence-corrected chi connectivity index (χ4v) is 1.56. The van der Waals surface area contributed by atoms with Gasteiger partial charge in [-0.3, -0.25) is 4.79 Å². The molecule has 0 saturated heterocycles. The lowest BCUT2D eigenvalue weighted by atomic mass is 10.2. The van der Waals surface area contributed by atoms with E-state index in [1.165, 1.54) is 12.0 Å². The van der Waals surface area contributed by atoms with E-state index < -0.39 is 0 Å². The van der Waals surface area contributed by atoms with Crippen molar-refractivity contribution >= 4 is 6.29 Å².